The summed E-state index contributed by atoms with van der Waals surface area (Å²) in [5, 5.41) is 0. The topological polar surface area (TPSA) is 43.4 Å². The third-order valence-corrected chi connectivity index (χ3v) is 3.58. The van der Waals surface area contributed by atoms with E-state index in [0.29, 0.717) is 23.3 Å². The van der Waals surface area contributed by atoms with Crippen LogP contribution in [0.1, 0.15) is 29.3 Å². The van der Waals surface area contributed by atoms with E-state index in [0.717, 1.165) is 5.56 Å². The first-order chi connectivity index (χ1) is 7.99. The predicted octanol–water partition coefficient (Wildman–Crippen LogP) is 2.73. The smallest absolute Gasteiger partial charge is 0.234 e. The molecule has 17 heavy (non-hydrogen) atoms. The molecular weight excluding hydrogens is 331 g/mol. The third-order valence-electron chi connectivity index (χ3n) is 2.98. The number of carbonyl (C=O) groups excluding carboxylic acids is 2. The Hall–Kier alpha value is -1.17. The van der Waals surface area contributed by atoms with Crippen molar-refractivity contribution in [2.75, 3.05) is 0 Å². The number of ether oxygens (including phenoxy) is 1. The molecule has 1 aliphatic heterocycles. The van der Waals surface area contributed by atoms with E-state index >= 15 is 0 Å². The van der Waals surface area contributed by atoms with Crippen LogP contribution in [-0.2, 0) is 9.53 Å². The monoisotopic (exact) mass is 340 g/mol. The van der Waals surface area contributed by atoms with E-state index in [9.17, 15) is 9.59 Å². The molecule has 0 amide bonds. The molecule has 0 radical (unpaired) electrons. The zero-order valence-electron chi connectivity index (χ0n) is 9.12. The number of ketones is 2. The Kier molecular flexibility index (Phi) is 2.20. The molecule has 1 heterocycles. The lowest BCUT2D eigenvalue weighted by atomic mass is 9.88. The van der Waals surface area contributed by atoms with Gasteiger partial charge in [0.25, 0.3) is 0 Å². The lowest BCUT2D eigenvalue weighted by Crippen LogP contribution is -2.22. The highest BCUT2D eigenvalue weighted by atomic mass is 127. The summed E-state index contributed by atoms with van der Waals surface area (Å²) < 4.78 is 5.36. The number of halogens is 1. The Morgan fingerprint density at radius 2 is 1.82 bits per heavy atom. The SMILES string of the molecule is CC1(I)CC2=C(O1)c1ccccc1C(=O)C2=O. The Morgan fingerprint density at radius 3 is 2.53 bits per heavy atom. The fourth-order valence-electron chi connectivity index (χ4n) is 2.25. The quantitative estimate of drug-likeness (QED) is 0.414. The Morgan fingerprint density at radius 1 is 1.18 bits per heavy atom. The van der Waals surface area contributed by atoms with Gasteiger partial charge in [-0.2, -0.15) is 0 Å². The molecule has 0 saturated heterocycles. The molecular formula is C13H9IO3. The van der Waals surface area contributed by atoms with Gasteiger partial charge in [-0.15, -0.1) is 0 Å². The molecule has 0 spiro atoms. The highest BCUT2D eigenvalue weighted by Crippen LogP contribution is 2.46. The van der Waals surface area contributed by atoms with E-state index in [1.165, 1.54) is 0 Å². The largest absolute Gasteiger partial charge is 0.476 e. The standard InChI is InChI=1S/C13H9IO3/c1-13(14)6-9-11(16)10(15)7-4-2-3-5-8(7)12(9)17-13/h2-5H,6H2,1H3. The summed E-state index contributed by atoms with van der Waals surface area (Å²) >= 11 is 2.16. The van der Waals surface area contributed by atoms with E-state index in [-0.39, 0.29) is 0 Å². The van der Waals surface area contributed by atoms with Crippen LogP contribution in [0.4, 0.5) is 0 Å². The van der Waals surface area contributed by atoms with Crippen molar-refractivity contribution >= 4 is 39.9 Å². The maximum atomic E-state index is 12.0. The predicted molar refractivity (Wildman–Crippen MR) is 70.8 cm³/mol. The molecule has 0 saturated carbocycles. The molecule has 2 aliphatic rings. The number of hydrogen-bond donors (Lipinski definition) is 0. The number of hydrogen-bond acceptors (Lipinski definition) is 3. The first-order valence-corrected chi connectivity index (χ1v) is 6.37. The van der Waals surface area contributed by atoms with Gasteiger partial charge in [-0.25, -0.2) is 0 Å². The van der Waals surface area contributed by atoms with Crippen molar-refractivity contribution in [3.05, 3.63) is 41.0 Å². The van der Waals surface area contributed by atoms with Gasteiger partial charge in [-0.3, -0.25) is 9.59 Å². The van der Waals surface area contributed by atoms with Gasteiger partial charge < -0.3 is 4.74 Å². The molecule has 1 aromatic rings. The van der Waals surface area contributed by atoms with E-state index in [4.69, 9.17) is 4.74 Å². The zero-order valence-corrected chi connectivity index (χ0v) is 11.3. The van der Waals surface area contributed by atoms with Crippen LogP contribution < -0.4 is 0 Å². The number of carbonyl (C=O) groups is 2. The first kappa shape index (κ1) is 11.0. The summed E-state index contributed by atoms with van der Waals surface area (Å²) in [6.07, 6.45) is 0.488. The van der Waals surface area contributed by atoms with Crippen LogP contribution in [0.15, 0.2) is 29.8 Å². The maximum absolute atomic E-state index is 12.0. The van der Waals surface area contributed by atoms with Gasteiger partial charge in [0.1, 0.15) is 5.76 Å². The molecule has 1 aliphatic carbocycles. The van der Waals surface area contributed by atoms with Crippen molar-refractivity contribution in [3.8, 4) is 0 Å². The highest BCUT2D eigenvalue weighted by molar-refractivity contribution is 14.1. The van der Waals surface area contributed by atoms with Crippen LogP contribution in [0.5, 0.6) is 0 Å². The summed E-state index contributed by atoms with van der Waals surface area (Å²) in [4.78, 5) is 23.9. The second-order valence-corrected chi connectivity index (χ2v) is 6.67. The van der Waals surface area contributed by atoms with E-state index in [1.54, 1.807) is 12.1 Å². The van der Waals surface area contributed by atoms with Crippen molar-refractivity contribution < 1.29 is 14.3 Å². The second kappa shape index (κ2) is 3.41. The summed E-state index contributed by atoms with van der Waals surface area (Å²) in [6, 6.07) is 7.10. The highest BCUT2D eigenvalue weighted by Gasteiger charge is 2.43. The molecule has 0 bridgehead atoms. The number of rotatable bonds is 0. The van der Waals surface area contributed by atoms with E-state index in [2.05, 4.69) is 22.6 Å². The van der Waals surface area contributed by atoms with Crippen LogP contribution in [0, 0.1) is 0 Å². The van der Waals surface area contributed by atoms with Crippen LogP contribution >= 0.6 is 22.6 Å². The third kappa shape index (κ3) is 1.54. The van der Waals surface area contributed by atoms with Gasteiger partial charge in [-0.1, -0.05) is 24.3 Å². The van der Waals surface area contributed by atoms with Crippen molar-refractivity contribution in [2.45, 2.75) is 17.0 Å². The van der Waals surface area contributed by atoms with Gasteiger partial charge in [0.15, 0.2) is 3.61 Å². The fraction of sp³-hybridized carbons (Fsp3) is 0.231. The molecule has 0 aromatic heterocycles. The molecule has 1 unspecified atom stereocenters. The number of Topliss-reactive ketones (excluding diaryl/α,β-unsaturated/α-hetero) is 2. The van der Waals surface area contributed by atoms with Gasteiger partial charge in [0.05, 0.1) is 5.57 Å². The molecule has 1 aromatic carbocycles. The molecule has 3 nitrogen and oxygen atoms in total. The summed E-state index contributed by atoms with van der Waals surface area (Å²) in [5.41, 5.74) is 1.71. The van der Waals surface area contributed by atoms with E-state index < -0.39 is 15.2 Å². The molecule has 86 valence electrons. The Bertz CT molecular complexity index is 584. The lowest BCUT2D eigenvalue weighted by Gasteiger charge is -2.18. The second-order valence-electron chi connectivity index (χ2n) is 4.39. The average Bonchev–Trinajstić information content (AvgIpc) is 2.62. The summed E-state index contributed by atoms with van der Waals surface area (Å²) in [6.45, 7) is 1.91. The Labute approximate surface area is 112 Å². The first-order valence-electron chi connectivity index (χ1n) is 5.29. The van der Waals surface area contributed by atoms with Crippen molar-refractivity contribution in [2.24, 2.45) is 0 Å². The number of benzene rings is 1. The average molecular weight is 340 g/mol. The van der Waals surface area contributed by atoms with Gasteiger partial charge in [0, 0.05) is 17.5 Å². The summed E-state index contributed by atoms with van der Waals surface area (Å²) in [7, 11) is 0. The molecule has 0 fully saturated rings. The number of fused-ring (bicyclic) bond motifs is 2. The van der Waals surface area contributed by atoms with Crippen LogP contribution in [0.25, 0.3) is 5.76 Å². The number of alkyl halides is 1. The minimum Gasteiger partial charge on any atom is -0.476 e. The molecule has 4 heteroatoms. The summed E-state index contributed by atoms with van der Waals surface area (Å²) in [5.74, 6) is -0.252. The lowest BCUT2D eigenvalue weighted by molar-refractivity contribution is -0.112. The van der Waals surface area contributed by atoms with Crippen molar-refractivity contribution in [1.29, 1.82) is 0 Å². The zero-order chi connectivity index (χ0) is 12.2. The minimum absolute atomic E-state index is 0.418. The molecule has 3 rings (SSSR count). The van der Waals surface area contributed by atoms with Crippen LogP contribution in [0.3, 0.4) is 0 Å². The van der Waals surface area contributed by atoms with E-state index in [1.807, 2.05) is 19.1 Å². The Balaban J connectivity index is 2.24. The van der Waals surface area contributed by atoms with Crippen LogP contribution in [-0.4, -0.2) is 15.2 Å². The van der Waals surface area contributed by atoms with Gasteiger partial charge in [0.2, 0.25) is 11.6 Å². The normalized spacial score (nSPS) is 26.7. The van der Waals surface area contributed by atoms with Crippen LogP contribution in [0.2, 0.25) is 0 Å². The van der Waals surface area contributed by atoms with Gasteiger partial charge >= 0.3 is 0 Å². The maximum Gasteiger partial charge on any atom is 0.234 e. The van der Waals surface area contributed by atoms with Gasteiger partial charge in [-0.05, 0) is 29.5 Å². The molecule has 0 N–H and O–H groups in total. The minimum atomic E-state index is -0.435. The fourth-order valence-corrected chi connectivity index (χ4v) is 2.85. The molecule has 1 atom stereocenters. The van der Waals surface area contributed by atoms with Crippen molar-refractivity contribution in [1.82, 2.24) is 0 Å². The van der Waals surface area contributed by atoms with Crippen molar-refractivity contribution in [3.63, 3.8) is 0 Å².